The molecular weight excluding hydrogens is 230 g/mol. The number of likely N-dealkylation sites (N-methyl/N-ethyl adjacent to an activating group) is 1. The van der Waals surface area contributed by atoms with Crippen LogP contribution in [0.25, 0.3) is 0 Å². The fraction of sp³-hybridized carbons (Fsp3) is 0.538. The number of hydrogen-bond acceptors (Lipinski definition) is 4. The van der Waals surface area contributed by atoms with Gasteiger partial charge in [0.25, 0.3) is 0 Å². The minimum atomic E-state index is -0.991. The van der Waals surface area contributed by atoms with Gasteiger partial charge in [-0.25, -0.2) is 9.78 Å². The number of rotatable bonds is 5. The first-order chi connectivity index (χ1) is 8.70. The number of pyridine rings is 1. The maximum atomic E-state index is 10.8. The van der Waals surface area contributed by atoms with Crippen molar-refractivity contribution in [3.63, 3.8) is 0 Å². The van der Waals surface area contributed by atoms with E-state index in [-0.39, 0.29) is 5.69 Å². The number of hydrogen-bond donors (Lipinski definition) is 2. The molecule has 2 heterocycles. The molecule has 1 unspecified atom stereocenters. The van der Waals surface area contributed by atoms with Gasteiger partial charge in [0.15, 0.2) is 0 Å². The van der Waals surface area contributed by atoms with E-state index in [1.165, 1.54) is 25.6 Å². The minimum absolute atomic E-state index is 0.0822. The molecule has 1 saturated heterocycles. The lowest BCUT2D eigenvalue weighted by molar-refractivity contribution is 0.0690. The number of carbonyl (C=O) groups is 1. The molecule has 0 aromatic carbocycles. The molecule has 0 bridgehead atoms. The van der Waals surface area contributed by atoms with Gasteiger partial charge in [0.2, 0.25) is 0 Å². The standard InChI is InChI=1S/C13H19N3O2/c1-2-16-7-3-4-11(16)9-15-10-5-6-14-12(8-10)13(17)18/h5-6,8,11H,2-4,7,9H2,1H3,(H,14,15)(H,17,18). The summed E-state index contributed by atoms with van der Waals surface area (Å²) in [5.74, 6) is -0.991. The number of likely N-dealkylation sites (tertiary alicyclic amines) is 1. The van der Waals surface area contributed by atoms with E-state index >= 15 is 0 Å². The van der Waals surface area contributed by atoms with Gasteiger partial charge in [0.1, 0.15) is 5.69 Å². The predicted molar refractivity (Wildman–Crippen MR) is 70.0 cm³/mol. The van der Waals surface area contributed by atoms with Crippen molar-refractivity contribution in [1.29, 1.82) is 0 Å². The van der Waals surface area contributed by atoms with E-state index in [0.717, 1.165) is 18.8 Å². The van der Waals surface area contributed by atoms with Gasteiger partial charge in [-0.1, -0.05) is 6.92 Å². The van der Waals surface area contributed by atoms with Crippen molar-refractivity contribution in [1.82, 2.24) is 9.88 Å². The topological polar surface area (TPSA) is 65.5 Å². The summed E-state index contributed by atoms with van der Waals surface area (Å²) in [7, 11) is 0. The second-order valence-corrected chi connectivity index (χ2v) is 4.54. The quantitative estimate of drug-likeness (QED) is 0.831. The molecule has 1 aliphatic heterocycles. The van der Waals surface area contributed by atoms with Crippen LogP contribution in [0.1, 0.15) is 30.3 Å². The summed E-state index contributed by atoms with van der Waals surface area (Å²) in [4.78, 5) is 17.1. The Hall–Kier alpha value is -1.62. The van der Waals surface area contributed by atoms with Gasteiger partial charge >= 0.3 is 5.97 Å². The van der Waals surface area contributed by atoms with Crippen LogP contribution in [0.5, 0.6) is 0 Å². The Morgan fingerprint density at radius 1 is 1.67 bits per heavy atom. The molecule has 98 valence electrons. The zero-order chi connectivity index (χ0) is 13.0. The SMILES string of the molecule is CCN1CCCC1CNc1ccnc(C(=O)O)c1. The van der Waals surface area contributed by atoms with E-state index in [4.69, 9.17) is 5.11 Å². The Morgan fingerprint density at radius 3 is 3.22 bits per heavy atom. The van der Waals surface area contributed by atoms with Crippen molar-refractivity contribution in [2.75, 3.05) is 25.0 Å². The number of anilines is 1. The van der Waals surface area contributed by atoms with Crippen LogP contribution < -0.4 is 5.32 Å². The number of carboxylic acids is 1. The molecule has 1 atom stereocenters. The lowest BCUT2D eigenvalue weighted by atomic mass is 10.2. The highest BCUT2D eigenvalue weighted by Crippen LogP contribution is 2.17. The molecule has 0 aliphatic carbocycles. The maximum Gasteiger partial charge on any atom is 0.354 e. The number of carboxylic acid groups (broad SMARTS) is 1. The molecule has 5 nitrogen and oxygen atoms in total. The average Bonchev–Trinajstić information content (AvgIpc) is 2.84. The number of nitrogens with one attached hydrogen (secondary N) is 1. The van der Waals surface area contributed by atoms with Crippen LogP contribution in [-0.4, -0.2) is 46.6 Å². The smallest absolute Gasteiger partial charge is 0.354 e. The van der Waals surface area contributed by atoms with E-state index in [1.807, 2.05) is 0 Å². The van der Waals surface area contributed by atoms with Crippen LogP contribution in [0.3, 0.4) is 0 Å². The first-order valence-corrected chi connectivity index (χ1v) is 6.38. The second-order valence-electron chi connectivity index (χ2n) is 4.54. The zero-order valence-electron chi connectivity index (χ0n) is 10.6. The number of aromatic nitrogens is 1. The third kappa shape index (κ3) is 2.98. The summed E-state index contributed by atoms with van der Waals surface area (Å²) in [5.41, 5.74) is 0.907. The van der Waals surface area contributed by atoms with E-state index in [0.29, 0.717) is 6.04 Å². The Balaban J connectivity index is 1.93. The third-order valence-corrected chi connectivity index (χ3v) is 3.43. The van der Waals surface area contributed by atoms with Crippen LogP contribution in [0.15, 0.2) is 18.3 Å². The Kier molecular flexibility index (Phi) is 4.15. The highest BCUT2D eigenvalue weighted by Gasteiger charge is 2.22. The fourth-order valence-electron chi connectivity index (χ4n) is 2.44. The molecule has 0 saturated carbocycles. The van der Waals surface area contributed by atoms with Gasteiger partial charge in [0.05, 0.1) is 0 Å². The van der Waals surface area contributed by atoms with Crippen molar-refractivity contribution >= 4 is 11.7 Å². The largest absolute Gasteiger partial charge is 0.477 e. The van der Waals surface area contributed by atoms with Crippen LogP contribution in [0.2, 0.25) is 0 Å². The summed E-state index contributed by atoms with van der Waals surface area (Å²) in [6.45, 7) is 5.27. The molecular formula is C13H19N3O2. The predicted octanol–water partition coefficient (Wildman–Crippen LogP) is 1.68. The van der Waals surface area contributed by atoms with E-state index in [2.05, 4.69) is 22.1 Å². The van der Waals surface area contributed by atoms with E-state index < -0.39 is 5.97 Å². The van der Waals surface area contributed by atoms with Crippen molar-refractivity contribution in [2.24, 2.45) is 0 Å². The van der Waals surface area contributed by atoms with Crippen molar-refractivity contribution in [3.8, 4) is 0 Å². The molecule has 0 spiro atoms. The zero-order valence-corrected chi connectivity index (χ0v) is 10.6. The molecule has 1 aliphatic rings. The van der Waals surface area contributed by atoms with Gasteiger partial charge < -0.3 is 10.4 Å². The van der Waals surface area contributed by atoms with Gasteiger partial charge in [-0.05, 0) is 38.1 Å². The van der Waals surface area contributed by atoms with Crippen molar-refractivity contribution < 1.29 is 9.90 Å². The van der Waals surface area contributed by atoms with Crippen LogP contribution in [0, 0.1) is 0 Å². The lowest BCUT2D eigenvalue weighted by Crippen LogP contribution is -2.34. The first kappa shape index (κ1) is 12.8. The van der Waals surface area contributed by atoms with E-state index in [1.54, 1.807) is 12.1 Å². The number of aromatic carboxylic acids is 1. The average molecular weight is 249 g/mol. The van der Waals surface area contributed by atoms with Gasteiger partial charge in [0, 0.05) is 24.5 Å². The number of nitrogens with zero attached hydrogens (tertiary/aromatic N) is 2. The van der Waals surface area contributed by atoms with Crippen LogP contribution in [-0.2, 0) is 0 Å². The normalized spacial score (nSPS) is 19.9. The Labute approximate surface area is 107 Å². The Bertz CT molecular complexity index is 422. The van der Waals surface area contributed by atoms with Gasteiger partial charge in [-0.2, -0.15) is 0 Å². The van der Waals surface area contributed by atoms with Crippen molar-refractivity contribution in [3.05, 3.63) is 24.0 Å². The molecule has 2 N–H and O–H groups in total. The summed E-state index contributed by atoms with van der Waals surface area (Å²) in [6.07, 6.45) is 3.98. The highest BCUT2D eigenvalue weighted by molar-refractivity contribution is 5.86. The Morgan fingerprint density at radius 2 is 2.50 bits per heavy atom. The lowest BCUT2D eigenvalue weighted by Gasteiger charge is -2.23. The van der Waals surface area contributed by atoms with Crippen LogP contribution >= 0.6 is 0 Å². The second kappa shape index (κ2) is 5.82. The molecule has 2 rings (SSSR count). The van der Waals surface area contributed by atoms with Crippen LogP contribution in [0.4, 0.5) is 5.69 Å². The summed E-state index contributed by atoms with van der Waals surface area (Å²) in [6, 6.07) is 3.93. The molecule has 0 radical (unpaired) electrons. The molecule has 18 heavy (non-hydrogen) atoms. The summed E-state index contributed by atoms with van der Waals surface area (Å²) >= 11 is 0. The molecule has 5 heteroatoms. The van der Waals surface area contributed by atoms with E-state index in [9.17, 15) is 4.79 Å². The molecule has 1 aromatic heterocycles. The van der Waals surface area contributed by atoms with Gasteiger partial charge in [-0.15, -0.1) is 0 Å². The van der Waals surface area contributed by atoms with Gasteiger partial charge in [-0.3, -0.25) is 4.90 Å². The first-order valence-electron chi connectivity index (χ1n) is 6.38. The monoisotopic (exact) mass is 249 g/mol. The highest BCUT2D eigenvalue weighted by atomic mass is 16.4. The molecule has 0 amide bonds. The molecule has 1 fully saturated rings. The third-order valence-electron chi connectivity index (χ3n) is 3.43. The summed E-state index contributed by atoms with van der Waals surface area (Å²) < 4.78 is 0. The van der Waals surface area contributed by atoms with Crippen molar-refractivity contribution in [2.45, 2.75) is 25.8 Å². The maximum absolute atomic E-state index is 10.8. The fourth-order valence-corrected chi connectivity index (χ4v) is 2.44. The molecule has 1 aromatic rings. The minimum Gasteiger partial charge on any atom is -0.477 e. The summed E-state index contributed by atoms with van der Waals surface area (Å²) in [5, 5.41) is 12.2.